The zero-order valence-corrected chi connectivity index (χ0v) is 23.8. The number of aryl methyl sites for hydroxylation is 1. The van der Waals surface area contributed by atoms with Gasteiger partial charge in [-0.1, -0.05) is 18.2 Å². The first kappa shape index (κ1) is 27.7. The van der Waals surface area contributed by atoms with Crippen molar-refractivity contribution in [3.8, 4) is 11.5 Å². The van der Waals surface area contributed by atoms with Crippen LogP contribution in [0, 0.1) is 6.92 Å². The second-order valence-corrected chi connectivity index (χ2v) is 9.84. The molecule has 0 bridgehead atoms. The molecule has 2 N–H and O–H groups in total. The standard InChI is InChI=1S/C31H35N7O3/c1-22-7-5-6-8-26(22)35-31(39)38(24-11-9-23(10-12-24)37-17-15-36(2)16-18-37)30-20-29(32-21-33-30)34-27-14-13-25(40-3)19-28(27)41-4/h5-14,19-21H,15-18H2,1-4H3,(H,35,39)(H,32,33,34). The number of hydrogen-bond acceptors (Lipinski definition) is 8. The average molecular weight is 554 g/mol. The Morgan fingerprint density at radius 2 is 1.63 bits per heavy atom. The molecule has 0 saturated carbocycles. The lowest BCUT2D eigenvalue weighted by Gasteiger charge is -2.34. The molecule has 2 amide bonds. The monoisotopic (exact) mass is 553 g/mol. The largest absolute Gasteiger partial charge is 0.497 e. The fourth-order valence-corrected chi connectivity index (χ4v) is 4.69. The third-order valence-electron chi connectivity index (χ3n) is 7.12. The first-order valence-electron chi connectivity index (χ1n) is 13.5. The predicted octanol–water partition coefficient (Wildman–Crippen LogP) is 5.67. The summed E-state index contributed by atoms with van der Waals surface area (Å²) in [6, 6.07) is 22.5. The van der Waals surface area contributed by atoms with E-state index in [0.29, 0.717) is 34.5 Å². The van der Waals surface area contributed by atoms with Gasteiger partial charge in [0.15, 0.2) is 0 Å². The van der Waals surface area contributed by atoms with Crippen LogP contribution in [-0.2, 0) is 0 Å². The fraction of sp³-hybridized carbons (Fsp3) is 0.258. The summed E-state index contributed by atoms with van der Waals surface area (Å²) >= 11 is 0. The van der Waals surface area contributed by atoms with Crippen molar-refractivity contribution in [2.75, 3.05) is 67.9 Å². The maximum absolute atomic E-state index is 13.8. The molecule has 1 fully saturated rings. The Hall–Kier alpha value is -4.83. The van der Waals surface area contributed by atoms with E-state index in [9.17, 15) is 4.79 Å². The number of methoxy groups -OCH3 is 2. The highest BCUT2D eigenvalue weighted by Gasteiger charge is 2.22. The van der Waals surface area contributed by atoms with Crippen molar-refractivity contribution < 1.29 is 14.3 Å². The molecule has 10 nitrogen and oxygen atoms in total. The molecule has 2 heterocycles. The number of para-hydroxylation sites is 1. The number of urea groups is 1. The van der Waals surface area contributed by atoms with Crippen LogP contribution in [0.5, 0.6) is 11.5 Å². The van der Waals surface area contributed by atoms with Gasteiger partial charge < -0.3 is 29.9 Å². The Labute approximate surface area is 240 Å². The van der Waals surface area contributed by atoms with Crippen LogP contribution in [0.2, 0.25) is 0 Å². The predicted molar refractivity (Wildman–Crippen MR) is 163 cm³/mol. The van der Waals surface area contributed by atoms with Crippen LogP contribution in [0.4, 0.5) is 39.2 Å². The number of carbonyl (C=O) groups excluding carboxylic acids is 1. The van der Waals surface area contributed by atoms with Crippen molar-refractivity contribution >= 4 is 40.4 Å². The SMILES string of the molecule is COc1ccc(Nc2cc(N(C(=O)Nc3ccccc3C)c3ccc(N4CCN(C)CC4)cc3)ncn2)c(OC)c1. The van der Waals surface area contributed by atoms with Crippen molar-refractivity contribution in [3.63, 3.8) is 0 Å². The molecule has 41 heavy (non-hydrogen) atoms. The smallest absolute Gasteiger partial charge is 0.332 e. The molecular formula is C31H35N7O3. The summed E-state index contributed by atoms with van der Waals surface area (Å²) in [5.74, 6) is 2.18. The van der Waals surface area contributed by atoms with Crippen LogP contribution < -0.4 is 29.9 Å². The highest BCUT2D eigenvalue weighted by atomic mass is 16.5. The molecule has 0 unspecified atom stereocenters. The minimum Gasteiger partial charge on any atom is -0.497 e. The molecule has 0 atom stereocenters. The summed E-state index contributed by atoms with van der Waals surface area (Å²) < 4.78 is 10.8. The van der Waals surface area contributed by atoms with E-state index < -0.39 is 0 Å². The van der Waals surface area contributed by atoms with Crippen molar-refractivity contribution in [1.29, 1.82) is 0 Å². The lowest BCUT2D eigenvalue weighted by molar-refractivity contribution is 0.259. The molecule has 212 valence electrons. The Morgan fingerprint density at radius 1 is 0.878 bits per heavy atom. The van der Waals surface area contributed by atoms with Crippen molar-refractivity contribution in [2.24, 2.45) is 0 Å². The lowest BCUT2D eigenvalue weighted by atomic mass is 10.2. The maximum atomic E-state index is 13.8. The van der Waals surface area contributed by atoms with Crippen LogP contribution in [0.15, 0.2) is 79.1 Å². The molecule has 5 rings (SSSR count). The normalized spacial score (nSPS) is 13.4. The highest BCUT2D eigenvalue weighted by Crippen LogP contribution is 2.33. The van der Waals surface area contributed by atoms with Gasteiger partial charge >= 0.3 is 6.03 Å². The van der Waals surface area contributed by atoms with E-state index in [2.05, 4.69) is 49.6 Å². The Balaban J connectivity index is 1.46. The topological polar surface area (TPSA) is 95.1 Å². The Kier molecular flexibility index (Phi) is 8.50. The van der Waals surface area contributed by atoms with E-state index in [-0.39, 0.29) is 6.03 Å². The minimum absolute atomic E-state index is 0.335. The summed E-state index contributed by atoms with van der Waals surface area (Å²) in [4.78, 5) is 28.9. The van der Waals surface area contributed by atoms with E-state index in [0.717, 1.165) is 43.1 Å². The van der Waals surface area contributed by atoms with Gasteiger partial charge in [-0.2, -0.15) is 0 Å². The molecule has 4 aromatic rings. The van der Waals surface area contributed by atoms with Gasteiger partial charge in [-0.3, -0.25) is 0 Å². The third kappa shape index (κ3) is 6.50. The number of benzene rings is 3. The van der Waals surface area contributed by atoms with E-state index in [1.807, 2.05) is 55.5 Å². The summed E-state index contributed by atoms with van der Waals surface area (Å²) in [6.07, 6.45) is 1.43. The first-order valence-corrected chi connectivity index (χ1v) is 13.5. The minimum atomic E-state index is -0.335. The summed E-state index contributed by atoms with van der Waals surface area (Å²) in [7, 11) is 5.34. The number of aromatic nitrogens is 2. The summed E-state index contributed by atoms with van der Waals surface area (Å²) in [5, 5.41) is 6.32. The number of anilines is 6. The number of amides is 2. The number of ether oxygens (including phenoxy) is 2. The molecule has 0 radical (unpaired) electrons. The van der Waals surface area contributed by atoms with Gasteiger partial charge in [0, 0.05) is 49.7 Å². The number of likely N-dealkylation sites (N-methyl/N-ethyl adjacent to an activating group) is 1. The third-order valence-corrected chi connectivity index (χ3v) is 7.12. The number of carbonyl (C=O) groups is 1. The van der Waals surface area contributed by atoms with Crippen LogP contribution in [0.1, 0.15) is 5.56 Å². The fourth-order valence-electron chi connectivity index (χ4n) is 4.69. The van der Waals surface area contributed by atoms with E-state index in [1.54, 1.807) is 31.3 Å². The number of hydrogen-bond donors (Lipinski definition) is 2. The van der Waals surface area contributed by atoms with E-state index in [1.165, 1.54) is 6.33 Å². The van der Waals surface area contributed by atoms with Gasteiger partial charge in [-0.05, 0) is 62.0 Å². The molecule has 3 aromatic carbocycles. The van der Waals surface area contributed by atoms with E-state index >= 15 is 0 Å². The molecule has 1 aromatic heterocycles. The van der Waals surface area contributed by atoms with Gasteiger partial charge in [0.05, 0.1) is 25.6 Å². The molecule has 1 aliphatic rings. The molecular weight excluding hydrogens is 518 g/mol. The number of nitrogens with zero attached hydrogens (tertiary/aromatic N) is 5. The molecule has 0 aliphatic carbocycles. The maximum Gasteiger partial charge on any atom is 0.332 e. The Bertz CT molecular complexity index is 1490. The molecule has 1 aliphatic heterocycles. The average Bonchev–Trinajstić information content (AvgIpc) is 3.00. The number of piperazine rings is 1. The van der Waals surface area contributed by atoms with Gasteiger partial charge in [0.2, 0.25) is 0 Å². The quantitative estimate of drug-likeness (QED) is 0.288. The number of rotatable bonds is 8. The van der Waals surface area contributed by atoms with Crippen molar-refractivity contribution in [2.45, 2.75) is 6.92 Å². The van der Waals surface area contributed by atoms with Crippen molar-refractivity contribution in [1.82, 2.24) is 14.9 Å². The van der Waals surface area contributed by atoms with Crippen molar-refractivity contribution in [3.05, 3.63) is 84.7 Å². The van der Waals surface area contributed by atoms with Crippen LogP contribution >= 0.6 is 0 Å². The van der Waals surface area contributed by atoms with Gasteiger partial charge in [0.1, 0.15) is 29.5 Å². The Morgan fingerprint density at radius 3 is 2.34 bits per heavy atom. The lowest BCUT2D eigenvalue weighted by Crippen LogP contribution is -2.44. The first-order chi connectivity index (χ1) is 19.9. The van der Waals surface area contributed by atoms with Crippen LogP contribution in [-0.4, -0.2) is 68.3 Å². The van der Waals surface area contributed by atoms with Crippen LogP contribution in [0.3, 0.4) is 0 Å². The second-order valence-electron chi connectivity index (χ2n) is 9.84. The van der Waals surface area contributed by atoms with Gasteiger partial charge in [-0.15, -0.1) is 0 Å². The highest BCUT2D eigenvalue weighted by molar-refractivity contribution is 6.07. The van der Waals surface area contributed by atoms with Crippen LogP contribution in [0.25, 0.3) is 0 Å². The molecule has 10 heteroatoms. The zero-order valence-electron chi connectivity index (χ0n) is 23.8. The molecule has 1 saturated heterocycles. The van der Waals surface area contributed by atoms with Gasteiger partial charge in [0.25, 0.3) is 0 Å². The summed E-state index contributed by atoms with van der Waals surface area (Å²) in [6.45, 7) is 5.91. The zero-order chi connectivity index (χ0) is 28.8. The number of nitrogens with one attached hydrogen (secondary N) is 2. The van der Waals surface area contributed by atoms with E-state index in [4.69, 9.17) is 9.47 Å². The second kappa shape index (κ2) is 12.6. The van der Waals surface area contributed by atoms with Gasteiger partial charge in [-0.25, -0.2) is 19.7 Å². The molecule has 0 spiro atoms. The summed E-state index contributed by atoms with van der Waals surface area (Å²) in [5.41, 5.74) is 4.19.